The Balaban J connectivity index is 1.75. The van der Waals surface area contributed by atoms with E-state index in [0.29, 0.717) is 11.5 Å². The molecule has 1 amide bonds. The maximum atomic E-state index is 11.6. The molecule has 1 fully saturated rings. The molecule has 0 aromatic carbocycles. The largest absolute Gasteiger partial charge is 0.472 e. The first-order valence-corrected chi connectivity index (χ1v) is 5.66. The third kappa shape index (κ3) is 2.85. The van der Waals surface area contributed by atoms with Gasteiger partial charge in [-0.1, -0.05) is 19.3 Å². The second-order valence-electron chi connectivity index (χ2n) is 4.23. The van der Waals surface area contributed by atoms with Crippen LogP contribution in [-0.2, 0) is 0 Å². The summed E-state index contributed by atoms with van der Waals surface area (Å²) in [6.07, 6.45) is 9.49. The molecule has 1 saturated carbocycles. The number of rotatable bonds is 3. The quantitative estimate of drug-likeness (QED) is 0.827. The Labute approximate surface area is 89.9 Å². The normalized spacial score (nSPS) is 17.6. The molecule has 1 N–H and O–H groups in total. The molecule has 0 unspecified atom stereocenters. The summed E-state index contributed by atoms with van der Waals surface area (Å²) in [6.45, 7) is 0.810. The maximum Gasteiger partial charge on any atom is 0.254 e. The third-order valence-corrected chi connectivity index (χ3v) is 3.06. The van der Waals surface area contributed by atoms with Crippen molar-refractivity contribution in [2.24, 2.45) is 5.92 Å². The van der Waals surface area contributed by atoms with E-state index in [1.54, 1.807) is 6.07 Å². The topological polar surface area (TPSA) is 42.2 Å². The van der Waals surface area contributed by atoms with Gasteiger partial charge in [0.25, 0.3) is 5.91 Å². The highest BCUT2D eigenvalue weighted by Gasteiger charge is 2.14. The smallest absolute Gasteiger partial charge is 0.254 e. The van der Waals surface area contributed by atoms with E-state index in [-0.39, 0.29) is 5.91 Å². The van der Waals surface area contributed by atoms with Crippen molar-refractivity contribution in [3.8, 4) is 0 Å². The molecule has 2 rings (SSSR count). The first kappa shape index (κ1) is 10.3. The predicted octanol–water partition coefficient (Wildman–Crippen LogP) is 2.59. The molecule has 3 nitrogen and oxygen atoms in total. The second kappa shape index (κ2) is 5.01. The molecule has 1 aliphatic carbocycles. The number of furan rings is 1. The average molecular weight is 207 g/mol. The van der Waals surface area contributed by atoms with Crippen LogP contribution in [0.5, 0.6) is 0 Å². The Morgan fingerprint density at radius 3 is 2.87 bits per heavy atom. The number of nitrogens with one attached hydrogen (secondary N) is 1. The molecule has 0 saturated heterocycles. The van der Waals surface area contributed by atoms with Crippen molar-refractivity contribution in [1.29, 1.82) is 0 Å². The number of carbonyl (C=O) groups excluding carboxylic acids is 1. The minimum atomic E-state index is -0.0191. The summed E-state index contributed by atoms with van der Waals surface area (Å²) in [6, 6.07) is 1.69. The van der Waals surface area contributed by atoms with Gasteiger partial charge in [-0.2, -0.15) is 0 Å². The highest BCUT2D eigenvalue weighted by Crippen LogP contribution is 2.22. The first-order valence-electron chi connectivity index (χ1n) is 5.66. The van der Waals surface area contributed by atoms with E-state index >= 15 is 0 Å². The van der Waals surface area contributed by atoms with E-state index in [1.807, 2.05) is 0 Å². The lowest BCUT2D eigenvalue weighted by Crippen LogP contribution is -2.29. The Morgan fingerprint density at radius 1 is 1.40 bits per heavy atom. The SMILES string of the molecule is O=C(NCC1CCCCC1)c1ccoc1. The van der Waals surface area contributed by atoms with E-state index < -0.39 is 0 Å². The van der Waals surface area contributed by atoms with Crippen LogP contribution in [0.2, 0.25) is 0 Å². The van der Waals surface area contributed by atoms with Gasteiger partial charge in [-0.15, -0.1) is 0 Å². The van der Waals surface area contributed by atoms with Crippen LogP contribution >= 0.6 is 0 Å². The Kier molecular flexibility index (Phi) is 3.43. The first-order chi connectivity index (χ1) is 7.36. The molecule has 1 aromatic heterocycles. The molecule has 0 aliphatic heterocycles. The summed E-state index contributed by atoms with van der Waals surface area (Å²) in [5.41, 5.74) is 0.616. The van der Waals surface area contributed by atoms with Crippen molar-refractivity contribution in [3.05, 3.63) is 24.2 Å². The van der Waals surface area contributed by atoms with Gasteiger partial charge in [0, 0.05) is 6.54 Å². The molecule has 0 atom stereocenters. The van der Waals surface area contributed by atoms with Crippen molar-refractivity contribution < 1.29 is 9.21 Å². The van der Waals surface area contributed by atoms with E-state index in [1.165, 1.54) is 44.6 Å². The fourth-order valence-electron chi connectivity index (χ4n) is 2.12. The molecule has 15 heavy (non-hydrogen) atoms. The molecule has 0 spiro atoms. The van der Waals surface area contributed by atoms with Crippen LogP contribution in [0.4, 0.5) is 0 Å². The zero-order valence-corrected chi connectivity index (χ0v) is 8.87. The standard InChI is InChI=1S/C12H17NO2/c14-12(11-6-7-15-9-11)13-8-10-4-2-1-3-5-10/h6-7,9-10H,1-5,8H2,(H,13,14). The fraction of sp³-hybridized carbons (Fsp3) is 0.583. The summed E-state index contributed by atoms with van der Waals surface area (Å²) >= 11 is 0. The van der Waals surface area contributed by atoms with Crippen LogP contribution in [0, 0.1) is 5.92 Å². The lowest BCUT2D eigenvalue weighted by molar-refractivity contribution is 0.0943. The lowest BCUT2D eigenvalue weighted by atomic mass is 9.89. The van der Waals surface area contributed by atoms with E-state index in [2.05, 4.69) is 5.32 Å². The molecule has 1 heterocycles. The van der Waals surface area contributed by atoms with Crippen molar-refractivity contribution in [3.63, 3.8) is 0 Å². The summed E-state index contributed by atoms with van der Waals surface area (Å²) in [5, 5.41) is 2.96. The minimum Gasteiger partial charge on any atom is -0.472 e. The van der Waals surface area contributed by atoms with Crippen molar-refractivity contribution in [2.75, 3.05) is 6.54 Å². The summed E-state index contributed by atoms with van der Waals surface area (Å²) in [4.78, 5) is 11.6. The van der Waals surface area contributed by atoms with Crippen LogP contribution in [0.25, 0.3) is 0 Å². The van der Waals surface area contributed by atoms with Crippen molar-refractivity contribution >= 4 is 5.91 Å². The fourth-order valence-corrected chi connectivity index (χ4v) is 2.12. The minimum absolute atomic E-state index is 0.0191. The van der Waals surface area contributed by atoms with Crippen LogP contribution in [-0.4, -0.2) is 12.5 Å². The number of hydrogen-bond acceptors (Lipinski definition) is 2. The third-order valence-electron chi connectivity index (χ3n) is 3.06. The molecular formula is C12H17NO2. The Bertz CT molecular complexity index is 299. The van der Waals surface area contributed by atoms with E-state index in [9.17, 15) is 4.79 Å². The summed E-state index contributed by atoms with van der Waals surface area (Å²) in [5.74, 6) is 0.656. The van der Waals surface area contributed by atoms with Crippen LogP contribution < -0.4 is 5.32 Å². The van der Waals surface area contributed by atoms with Gasteiger partial charge in [0.05, 0.1) is 11.8 Å². The molecule has 1 aliphatic rings. The zero-order valence-electron chi connectivity index (χ0n) is 8.87. The number of hydrogen-bond donors (Lipinski definition) is 1. The number of amides is 1. The Hall–Kier alpha value is -1.25. The lowest BCUT2D eigenvalue weighted by Gasteiger charge is -2.21. The van der Waals surface area contributed by atoms with Gasteiger partial charge in [0.2, 0.25) is 0 Å². The number of carbonyl (C=O) groups is 1. The summed E-state index contributed by atoms with van der Waals surface area (Å²) in [7, 11) is 0. The van der Waals surface area contributed by atoms with Crippen LogP contribution in [0.3, 0.4) is 0 Å². The monoisotopic (exact) mass is 207 g/mol. The molecule has 0 radical (unpaired) electrons. The molecule has 0 bridgehead atoms. The highest BCUT2D eigenvalue weighted by molar-refractivity contribution is 5.93. The summed E-state index contributed by atoms with van der Waals surface area (Å²) < 4.78 is 4.87. The van der Waals surface area contributed by atoms with Gasteiger partial charge in [-0.25, -0.2) is 0 Å². The van der Waals surface area contributed by atoms with E-state index in [4.69, 9.17) is 4.42 Å². The second-order valence-corrected chi connectivity index (χ2v) is 4.23. The van der Waals surface area contributed by atoms with Crippen molar-refractivity contribution in [2.45, 2.75) is 32.1 Å². The average Bonchev–Trinajstić information content (AvgIpc) is 2.81. The maximum absolute atomic E-state index is 11.6. The van der Waals surface area contributed by atoms with Gasteiger partial charge in [-0.3, -0.25) is 4.79 Å². The van der Waals surface area contributed by atoms with Gasteiger partial charge in [0.15, 0.2) is 0 Å². The predicted molar refractivity (Wildman–Crippen MR) is 57.6 cm³/mol. The van der Waals surface area contributed by atoms with E-state index in [0.717, 1.165) is 6.54 Å². The Morgan fingerprint density at radius 2 is 2.20 bits per heavy atom. The van der Waals surface area contributed by atoms with Gasteiger partial charge < -0.3 is 9.73 Å². The van der Waals surface area contributed by atoms with Crippen LogP contribution in [0.15, 0.2) is 23.0 Å². The molecule has 1 aromatic rings. The van der Waals surface area contributed by atoms with Gasteiger partial charge in [-0.05, 0) is 24.8 Å². The van der Waals surface area contributed by atoms with Gasteiger partial charge in [0.1, 0.15) is 6.26 Å². The highest BCUT2D eigenvalue weighted by atomic mass is 16.3. The molecule has 3 heteroatoms. The zero-order chi connectivity index (χ0) is 10.5. The molecular weight excluding hydrogens is 190 g/mol. The molecule has 82 valence electrons. The van der Waals surface area contributed by atoms with Gasteiger partial charge >= 0.3 is 0 Å². The van der Waals surface area contributed by atoms with Crippen LogP contribution in [0.1, 0.15) is 42.5 Å². The van der Waals surface area contributed by atoms with Crippen molar-refractivity contribution in [1.82, 2.24) is 5.32 Å².